The second-order valence-electron chi connectivity index (χ2n) is 2.61. The summed E-state index contributed by atoms with van der Waals surface area (Å²) in [6.07, 6.45) is 0. The molecule has 0 saturated heterocycles. The van der Waals surface area contributed by atoms with Crippen molar-refractivity contribution < 1.29 is 4.79 Å². The Balaban J connectivity index is 3.03. The first kappa shape index (κ1) is 10.5. The van der Waals surface area contributed by atoms with Crippen molar-refractivity contribution in [2.45, 2.75) is 13.5 Å². The van der Waals surface area contributed by atoms with Gasteiger partial charge in [-0.2, -0.15) is 0 Å². The molecule has 0 aromatic carbocycles. The minimum atomic E-state index is -0.671. The molecule has 6 nitrogen and oxygen atoms in total. The van der Waals surface area contributed by atoms with Gasteiger partial charge in [0, 0.05) is 6.92 Å². The number of carbonyl (C=O) groups excluding carboxylic acids is 1. The Morgan fingerprint density at radius 2 is 2.07 bits per heavy atom. The van der Waals surface area contributed by atoms with Gasteiger partial charge in [0.25, 0.3) is 5.56 Å². The maximum Gasteiger partial charge on any atom is 0.326 e. The van der Waals surface area contributed by atoms with Crippen molar-refractivity contribution in [3.8, 4) is 0 Å². The number of hydrogen-bond donors (Lipinski definition) is 3. The van der Waals surface area contributed by atoms with Crippen molar-refractivity contribution in [2.75, 3.05) is 0 Å². The summed E-state index contributed by atoms with van der Waals surface area (Å²) in [6, 6.07) is 0. The molecule has 0 radical (unpaired) electrons. The molecular formula is C7H8ClN3O3. The summed E-state index contributed by atoms with van der Waals surface area (Å²) in [4.78, 5) is 36.6. The number of hydrogen-bond acceptors (Lipinski definition) is 3. The van der Waals surface area contributed by atoms with E-state index in [-0.39, 0.29) is 23.2 Å². The predicted molar refractivity (Wildman–Crippen MR) is 50.2 cm³/mol. The lowest BCUT2D eigenvalue weighted by Crippen LogP contribution is -2.28. The number of aromatic nitrogens is 2. The number of nitrogens with one attached hydrogen (secondary N) is 3. The predicted octanol–water partition coefficient (Wildman–Crippen LogP) is -0.647. The first-order valence-corrected chi connectivity index (χ1v) is 4.14. The third-order valence-corrected chi connectivity index (χ3v) is 1.87. The topological polar surface area (TPSA) is 94.8 Å². The molecule has 1 aromatic heterocycles. The highest BCUT2D eigenvalue weighted by Crippen LogP contribution is 2.03. The van der Waals surface area contributed by atoms with E-state index in [0.29, 0.717) is 0 Å². The Morgan fingerprint density at radius 3 is 2.64 bits per heavy atom. The summed E-state index contributed by atoms with van der Waals surface area (Å²) < 4.78 is 0. The van der Waals surface area contributed by atoms with Crippen LogP contribution in [-0.2, 0) is 11.3 Å². The molecule has 1 rings (SSSR count). The minimum Gasteiger partial charge on any atom is -0.351 e. The van der Waals surface area contributed by atoms with Crippen LogP contribution >= 0.6 is 11.6 Å². The Bertz CT molecular complexity index is 462. The van der Waals surface area contributed by atoms with Gasteiger partial charge < -0.3 is 10.3 Å². The zero-order valence-electron chi connectivity index (χ0n) is 7.31. The van der Waals surface area contributed by atoms with E-state index in [9.17, 15) is 14.4 Å². The molecule has 0 saturated carbocycles. The third-order valence-electron chi connectivity index (χ3n) is 1.47. The van der Waals surface area contributed by atoms with Gasteiger partial charge in [-0.15, -0.1) is 0 Å². The zero-order valence-corrected chi connectivity index (χ0v) is 8.07. The molecule has 0 aliphatic heterocycles. The van der Waals surface area contributed by atoms with Crippen molar-refractivity contribution in [3.63, 3.8) is 0 Å². The maximum atomic E-state index is 11.0. The lowest BCUT2D eigenvalue weighted by molar-refractivity contribution is -0.119. The smallest absolute Gasteiger partial charge is 0.326 e. The third kappa shape index (κ3) is 2.46. The summed E-state index contributed by atoms with van der Waals surface area (Å²) in [7, 11) is 0. The summed E-state index contributed by atoms with van der Waals surface area (Å²) in [5.74, 6) is -0.276. The van der Waals surface area contributed by atoms with Crippen molar-refractivity contribution >= 4 is 17.5 Å². The second kappa shape index (κ2) is 4.10. The van der Waals surface area contributed by atoms with Crippen LogP contribution in [0.5, 0.6) is 0 Å². The SMILES string of the molecule is CC(=O)NCc1[nH]c(=O)[nH]c(=O)c1Cl. The van der Waals surface area contributed by atoms with Gasteiger partial charge in [0.2, 0.25) is 5.91 Å². The van der Waals surface area contributed by atoms with Gasteiger partial charge in [-0.05, 0) is 0 Å². The van der Waals surface area contributed by atoms with Crippen LogP contribution in [0.1, 0.15) is 12.6 Å². The van der Waals surface area contributed by atoms with Crippen LogP contribution in [0, 0.1) is 0 Å². The molecule has 76 valence electrons. The fraction of sp³-hybridized carbons (Fsp3) is 0.286. The number of halogens is 1. The minimum absolute atomic E-state index is 0.0212. The van der Waals surface area contributed by atoms with Gasteiger partial charge in [-0.3, -0.25) is 14.6 Å². The van der Waals surface area contributed by atoms with E-state index < -0.39 is 11.2 Å². The average Bonchev–Trinajstić information content (AvgIpc) is 2.08. The summed E-state index contributed by atoms with van der Waals surface area (Å²) in [5.41, 5.74) is -1.13. The first-order valence-electron chi connectivity index (χ1n) is 3.76. The Kier molecular flexibility index (Phi) is 3.08. The van der Waals surface area contributed by atoms with E-state index in [4.69, 9.17) is 11.6 Å². The zero-order chi connectivity index (χ0) is 10.7. The summed E-state index contributed by atoms with van der Waals surface area (Å²) in [5, 5.41) is 2.28. The average molecular weight is 218 g/mol. The molecule has 0 aliphatic rings. The van der Waals surface area contributed by atoms with Crippen LogP contribution in [0.25, 0.3) is 0 Å². The Labute approximate surface area is 83.3 Å². The van der Waals surface area contributed by atoms with E-state index in [1.807, 2.05) is 4.98 Å². The van der Waals surface area contributed by atoms with Crippen LogP contribution in [-0.4, -0.2) is 15.9 Å². The number of amides is 1. The van der Waals surface area contributed by atoms with Gasteiger partial charge in [0.15, 0.2) is 0 Å². The molecule has 0 unspecified atom stereocenters. The quantitative estimate of drug-likeness (QED) is 0.615. The molecule has 0 bridgehead atoms. The number of H-pyrrole nitrogens is 2. The van der Waals surface area contributed by atoms with E-state index in [2.05, 4.69) is 10.3 Å². The van der Waals surface area contributed by atoms with E-state index in [0.717, 1.165) is 0 Å². The monoisotopic (exact) mass is 217 g/mol. The first-order chi connectivity index (χ1) is 6.50. The Morgan fingerprint density at radius 1 is 1.43 bits per heavy atom. The Hall–Kier alpha value is -1.56. The molecule has 0 spiro atoms. The van der Waals surface area contributed by atoms with Gasteiger partial charge in [0.05, 0.1) is 12.2 Å². The van der Waals surface area contributed by atoms with Gasteiger partial charge in [0.1, 0.15) is 5.02 Å². The van der Waals surface area contributed by atoms with Crippen LogP contribution in [0.15, 0.2) is 9.59 Å². The largest absolute Gasteiger partial charge is 0.351 e. The highest BCUT2D eigenvalue weighted by Gasteiger charge is 2.06. The van der Waals surface area contributed by atoms with Crippen LogP contribution in [0.4, 0.5) is 0 Å². The molecule has 7 heteroatoms. The molecule has 0 aliphatic carbocycles. The maximum absolute atomic E-state index is 11.0. The lowest BCUT2D eigenvalue weighted by atomic mass is 10.4. The molecule has 1 aromatic rings. The molecule has 3 N–H and O–H groups in total. The van der Waals surface area contributed by atoms with E-state index in [1.165, 1.54) is 6.92 Å². The molecule has 0 fully saturated rings. The van der Waals surface area contributed by atoms with Gasteiger partial charge in [-0.1, -0.05) is 11.6 Å². The number of rotatable bonds is 2. The lowest BCUT2D eigenvalue weighted by Gasteiger charge is -2.02. The highest BCUT2D eigenvalue weighted by molar-refractivity contribution is 6.30. The number of carbonyl (C=O) groups is 1. The highest BCUT2D eigenvalue weighted by atomic mass is 35.5. The van der Waals surface area contributed by atoms with Crippen LogP contribution in [0.2, 0.25) is 5.02 Å². The second-order valence-corrected chi connectivity index (χ2v) is 2.99. The molecule has 1 amide bonds. The standard InChI is InChI=1S/C7H8ClN3O3/c1-3(12)9-2-4-5(8)6(13)11-7(14)10-4/h2H2,1H3,(H,9,12)(H2,10,11,13,14). The van der Waals surface area contributed by atoms with E-state index >= 15 is 0 Å². The molecule has 0 atom stereocenters. The molecule has 14 heavy (non-hydrogen) atoms. The van der Waals surface area contributed by atoms with Crippen molar-refractivity contribution in [3.05, 3.63) is 31.6 Å². The summed E-state index contributed by atoms with van der Waals surface area (Å²) in [6.45, 7) is 1.34. The van der Waals surface area contributed by atoms with Gasteiger partial charge in [-0.25, -0.2) is 4.79 Å². The van der Waals surface area contributed by atoms with Crippen molar-refractivity contribution in [1.29, 1.82) is 0 Å². The van der Waals surface area contributed by atoms with Crippen LogP contribution < -0.4 is 16.6 Å². The fourth-order valence-electron chi connectivity index (χ4n) is 0.853. The molecular weight excluding hydrogens is 210 g/mol. The van der Waals surface area contributed by atoms with E-state index in [1.54, 1.807) is 0 Å². The normalized spacial score (nSPS) is 9.86. The van der Waals surface area contributed by atoms with Gasteiger partial charge >= 0.3 is 5.69 Å². The summed E-state index contributed by atoms with van der Waals surface area (Å²) >= 11 is 5.58. The van der Waals surface area contributed by atoms with Crippen molar-refractivity contribution in [1.82, 2.24) is 15.3 Å². The van der Waals surface area contributed by atoms with Crippen molar-refractivity contribution in [2.24, 2.45) is 0 Å². The van der Waals surface area contributed by atoms with Crippen LogP contribution in [0.3, 0.4) is 0 Å². The fourth-order valence-corrected chi connectivity index (χ4v) is 1.01. The molecule has 1 heterocycles. The number of aromatic amines is 2.